The van der Waals surface area contributed by atoms with Gasteiger partial charge in [-0.05, 0) is 26.9 Å². The highest BCUT2D eigenvalue weighted by molar-refractivity contribution is 7.15. The molecule has 1 fully saturated rings. The van der Waals surface area contributed by atoms with Crippen molar-refractivity contribution in [2.75, 3.05) is 31.6 Å². The predicted octanol–water partition coefficient (Wildman–Crippen LogP) is 2.67. The molecule has 1 saturated heterocycles. The van der Waals surface area contributed by atoms with Crippen LogP contribution in [-0.4, -0.2) is 47.0 Å². The second-order valence-electron chi connectivity index (χ2n) is 5.23. The Kier molecular flexibility index (Phi) is 3.69. The first-order chi connectivity index (χ1) is 9.20. The Morgan fingerprint density at radius 3 is 3.11 bits per heavy atom. The van der Waals surface area contributed by atoms with E-state index in [9.17, 15) is 0 Å². The first kappa shape index (κ1) is 13.2. The number of halogens is 1. The first-order valence-corrected chi connectivity index (χ1v) is 8.07. The second-order valence-corrected chi connectivity index (χ2v) is 6.37. The van der Waals surface area contributed by atoms with E-state index in [-0.39, 0.29) is 0 Å². The molecule has 1 unspecified atom stereocenters. The molecule has 0 saturated carbocycles. The number of nitrogens with zero attached hydrogens (tertiary/aromatic N) is 4. The Balaban J connectivity index is 2.00. The summed E-state index contributed by atoms with van der Waals surface area (Å²) in [7, 11) is 2.19. The van der Waals surface area contributed by atoms with Gasteiger partial charge in [-0.3, -0.25) is 4.40 Å². The number of rotatable bonds is 2. The molecular formula is C13H19ClN4S. The monoisotopic (exact) mass is 298 g/mol. The molecule has 3 heterocycles. The summed E-state index contributed by atoms with van der Waals surface area (Å²) in [6.07, 6.45) is 3.23. The average Bonchev–Trinajstić information content (AvgIpc) is 2.89. The molecule has 3 rings (SSSR count). The van der Waals surface area contributed by atoms with Crippen LogP contribution in [0.3, 0.4) is 0 Å². The van der Waals surface area contributed by atoms with Crippen LogP contribution in [-0.2, 0) is 5.88 Å². The lowest BCUT2D eigenvalue weighted by atomic mass is 10.2. The summed E-state index contributed by atoms with van der Waals surface area (Å²) >= 11 is 7.82. The number of hydrogen-bond donors (Lipinski definition) is 0. The molecule has 0 spiro atoms. The topological polar surface area (TPSA) is 23.8 Å². The van der Waals surface area contributed by atoms with Crippen LogP contribution in [0.25, 0.3) is 4.96 Å². The van der Waals surface area contributed by atoms with Crippen LogP contribution in [0.15, 0.2) is 11.6 Å². The maximum Gasteiger partial charge on any atom is 0.195 e. The van der Waals surface area contributed by atoms with Gasteiger partial charge in [-0.25, -0.2) is 4.98 Å². The molecule has 19 heavy (non-hydrogen) atoms. The highest BCUT2D eigenvalue weighted by Gasteiger charge is 2.25. The molecule has 1 aliphatic rings. The van der Waals surface area contributed by atoms with Crippen molar-refractivity contribution in [3.63, 3.8) is 0 Å². The Bertz CT molecular complexity index is 564. The van der Waals surface area contributed by atoms with E-state index in [4.69, 9.17) is 16.6 Å². The van der Waals surface area contributed by atoms with Gasteiger partial charge in [0.1, 0.15) is 0 Å². The second kappa shape index (κ2) is 5.31. The third-order valence-electron chi connectivity index (χ3n) is 3.79. The van der Waals surface area contributed by atoms with Gasteiger partial charge in [0.15, 0.2) is 10.8 Å². The lowest BCUT2D eigenvalue weighted by molar-refractivity contribution is 0.337. The molecule has 2 aromatic heterocycles. The van der Waals surface area contributed by atoms with E-state index >= 15 is 0 Å². The van der Waals surface area contributed by atoms with E-state index in [0.29, 0.717) is 11.9 Å². The molecule has 4 nitrogen and oxygen atoms in total. The van der Waals surface area contributed by atoms with Gasteiger partial charge in [0.25, 0.3) is 0 Å². The fourth-order valence-corrected chi connectivity index (χ4v) is 3.84. The third kappa shape index (κ3) is 2.35. The molecule has 2 aromatic rings. The van der Waals surface area contributed by atoms with Crippen molar-refractivity contribution < 1.29 is 0 Å². The number of anilines is 1. The lowest BCUT2D eigenvalue weighted by Gasteiger charge is -2.28. The standard InChI is InChI=1S/C13H19ClN4S/c1-10-9-16(2)4-3-5-17(10)12-11(8-14)18-6-7-19-13(18)15-12/h6-7,10H,3-5,8-9H2,1-2H3. The number of alkyl halides is 1. The van der Waals surface area contributed by atoms with E-state index in [0.717, 1.165) is 36.1 Å². The summed E-state index contributed by atoms with van der Waals surface area (Å²) in [6.45, 7) is 5.56. The van der Waals surface area contributed by atoms with Gasteiger partial charge >= 0.3 is 0 Å². The summed E-state index contributed by atoms with van der Waals surface area (Å²) in [5.74, 6) is 1.58. The van der Waals surface area contributed by atoms with E-state index in [1.165, 1.54) is 6.42 Å². The Morgan fingerprint density at radius 1 is 1.47 bits per heavy atom. The van der Waals surface area contributed by atoms with Gasteiger partial charge < -0.3 is 9.80 Å². The lowest BCUT2D eigenvalue weighted by Crippen LogP contribution is -2.38. The number of likely N-dealkylation sites (N-methyl/N-ethyl adjacent to an activating group) is 1. The minimum absolute atomic E-state index is 0.471. The van der Waals surface area contributed by atoms with Crippen LogP contribution in [0.5, 0.6) is 0 Å². The Hall–Kier alpha value is -0.780. The number of thiazole rings is 1. The average molecular weight is 299 g/mol. The molecule has 1 atom stereocenters. The van der Waals surface area contributed by atoms with Crippen LogP contribution < -0.4 is 4.90 Å². The van der Waals surface area contributed by atoms with Gasteiger partial charge in [-0.1, -0.05) is 0 Å². The molecular weight excluding hydrogens is 280 g/mol. The van der Waals surface area contributed by atoms with Gasteiger partial charge in [-0.15, -0.1) is 22.9 Å². The van der Waals surface area contributed by atoms with E-state index in [1.807, 2.05) is 0 Å². The molecule has 104 valence electrons. The van der Waals surface area contributed by atoms with Gasteiger partial charge in [0.2, 0.25) is 0 Å². The van der Waals surface area contributed by atoms with E-state index < -0.39 is 0 Å². The summed E-state index contributed by atoms with van der Waals surface area (Å²) in [5.41, 5.74) is 1.12. The zero-order chi connectivity index (χ0) is 13.4. The van der Waals surface area contributed by atoms with Crippen molar-refractivity contribution >= 4 is 33.7 Å². The number of fused-ring (bicyclic) bond motifs is 1. The molecule has 0 amide bonds. The van der Waals surface area contributed by atoms with Crippen LogP contribution in [0.1, 0.15) is 19.0 Å². The number of aromatic nitrogens is 2. The molecule has 6 heteroatoms. The maximum absolute atomic E-state index is 6.15. The van der Waals surface area contributed by atoms with Gasteiger partial charge in [-0.2, -0.15) is 0 Å². The quantitative estimate of drug-likeness (QED) is 0.797. The predicted molar refractivity (Wildman–Crippen MR) is 81.5 cm³/mol. The first-order valence-electron chi connectivity index (χ1n) is 6.66. The van der Waals surface area contributed by atoms with Crippen molar-refractivity contribution in [1.29, 1.82) is 0 Å². The maximum atomic E-state index is 6.15. The van der Waals surface area contributed by atoms with Crippen molar-refractivity contribution in [2.45, 2.75) is 25.3 Å². The smallest absolute Gasteiger partial charge is 0.195 e. The molecule has 0 radical (unpaired) electrons. The largest absolute Gasteiger partial charge is 0.351 e. The van der Waals surface area contributed by atoms with Crippen LogP contribution in [0.4, 0.5) is 5.82 Å². The van der Waals surface area contributed by atoms with Gasteiger partial charge in [0.05, 0.1) is 11.6 Å². The van der Waals surface area contributed by atoms with Crippen molar-refractivity contribution in [3.8, 4) is 0 Å². The highest BCUT2D eigenvalue weighted by atomic mass is 35.5. The molecule has 0 N–H and O–H groups in total. The highest BCUT2D eigenvalue weighted by Crippen LogP contribution is 2.28. The summed E-state index contributed by atoms with van der Waals surface area (Å²) in [4.78, 5) is 10.6. The number of imidazole rings is 1. The fourth-order valence-electron chi connectivity index (χ4n) is 2.86. The molecule has 1 aliphatic heterocycles. The Morgan fingerprint density at radius 2 is 2.32 bits per heavy atom. The zero-order valence-electron chi connectivity index (χ0n) is 11.3. The SMILES string of the molecule is CC1CN(C)CCCN1c1nc2sccn2c1CCl. The molecule has 0 aliphatic carbocycles. The van der Waals surface area contributed by atoms with Crippen molar-refractivity contribution in [1.82, 2.24) is 14.3 Å². The van der Waals surface area contributed by atoms with Crippen LogP contribution >= 0.6 is 22.9 Å². The van der Waals surface area contributed by atoms with Crippen LogP contribution in [0, 0.1) is 0 Å². The summed E-state index contributed by atoms with van der Waals surface area (Å²) in [5, 5.41) is 2.06. The van der Waals surface area contributed by atoms with Crippen LogP contribution in [0.2, 0.25) is 0 Å². The Labute approximate surface area is 122 Å². The minimum Gasteiger partial charge on any atom is -0.351 e. The van der Waals surface area contributed by atoms with Crippen molar-refractivity contribution in [2.24, 2.45) is 0 Å². The summed E-state index contributed by atoms with van der Waals surface area (Å²) in [6, 6.07) is 0.471. The van der Waals surface area contributed by atoms with Crippen molar-refractivity contribution in [3.05, 3.63) is 17.3 Å². The summed E-state index contributed by atoms with van der Waals surface area (Å²) < 4.78 is 2.12. The molecule has 0 aromatic carbocycles. The number of hydrogen-bond acceptors (Lipinski definition) is 4. The van der Waals surface area contributed by atoms with E-state index in [2.05, 4.69) is 39.7 Å². The fraction of sp³-hybridized carbons (Fsp3) is 0.615. The van der Waals surface area contributed by atoms with E-state index in [1.54, 1.807) is 11.3 Å². The molecule has 0 bridgehead atoms. The van der Waals surface area contributed by atoms with Gasteiger partial charge in [0, 0.05) is 30.7 Å². The normalized spacial score (nSPS) is 22.1. The minimum atomic E-state index is 0.471. The zero-order valence-corrected chi connectivity index (χ0v) is 12.9. The third-order valence-corrected chi connectivity index (χ3v) is 4.80.